The van der Waals surface area contributed by atoms with Gasteiger partial charge in [0.2, 0.25) is 0 Å². The number of anilines is 2. The van der Waals surface area contributed by atoms with Crippen molar-refractivity contribution in [2.24, 2.45) is 0 Å². The van der Waals surface area contributed by atoms with Crippen LogP contribution in [-0.4, -0.2) is 16.6 Å². The molecular weight excluding hydrogens is 329 g/mol. The number of nitrogens with one attached hydrogen (secondary N) is 1. The minimum Gasteiger partial charge on any atom is -0.494 e. The highest BCUT2D eigenvalue weighted by atomic mass is 35.5. The van der Waals surface area contributed by atoms with Crippen LogP contribution >= 0.6 is 11.6 Å². The molecule has 122 valence electrons. The summed E-state index contributed by atoms with van der Waals surface area (Å²) in [5.41, 5.74) is 1.53. The Kier molecular flexibility index (Phi) is 4.91. The number of rotatable bonds is 5. The average Bonchev–Trinajstić information content (AvgIpc) is 2.57. The fourth-order valence-electron chi connectivity index (χ4n) is 2.16. The topological polar surface area (TPSA) is 47.0 Å². The quantitative estimate of drug-likeness (QED) is 0.656. The van der Waals surface area contributed by atoms with Gasteiger partial charge in [-0.1, -0.05) is 11.6 Å². The van der Waals surface area contributed by atoms with Crippen LogP contribution in [0.5, 0.6) is 5.75 Å². The third kappa shape index (κ3) is 4.00. The van der Waals surface area contributed by atoms with E-state index in [1.807, 2.05) is 31.2 Å². The van der Waals surface area contributed by atoms with E-state index in [2.05, 4.69) is 15.3 Å². The summed E-state index contributed by atoms with van der Waals surface area (Å²) in [6.45, 7) is 2.56. The van der Waals surface area contributed by atoms with Crippen molar-refractivity contribution in [1.82, 2.24) is 9.97 Å². The first-order valence-corrected chi connectivity index (χ1v) is 7.82. The van der Waals surface area contributed by atoms with Gasteiger partial charge in [-0.3, -0.25) is 0 Å². The zero-order valence-corrected chi connectivity index (χ0v) is 13.7. The van der Waals surface area contributed by atoms with E-state index >= 15 is 0 Å². The minimum absolute atomic E-state index is 0.303. The Hall–Kier alpha value is -2.66. The molecule has 0 atom stereocenters. The molecular formula is C18H15ClFN3O. The van der Waals surface area contributed by atoms with Crippen LogP contribution in [0.2, 0.25) is 5.15 Å². The summed E-state index contributed by atoms with van der Waals surface area (Å²) in [5.74, 6) is 1.47. The standard InChI is InChI=1S/C18H15ClFN3O/c1-2-24-15-9-7-14(8-10-15)21-17-11-16(19)22-18(23-17)12-3-5-13(20)6-4-12/h3-11H,2H2,1H3,(H,21,22,23). The van der Waals surface area contributed by atoms with E-state index in [0.29, 0.717) is 29.0 Å². The summed E-state index contributed by atoms with van der Waals surface area (Å²) in [4.78, 5) is 8.61. The maximum atomic E-state index is 13.0. The molecule has 0 fully saturated rings. The third-order valence-electron chi connectivity index (χ3n) is 3.24. The molecule has 2 aromatic carbocycles. The average molecular weight is 344 g/mol. The molecule has 0 aliphatic heterocycles. The predicted molar refractivity (Wildman–Crippen MR) is 93.3 cm³/mol. The van der Waals surface area contributed by atoms with Crippen LogP contribution < -0.4 is 10.1 Å². The van der Waals surface area contributed by atoms with Crippen molar-refractivity contribution < 1.29 is 9.13 Å². The van der Waals surface area contributed by atoms with E-state index in [1.54, 1.807) is 18.2 Å². The van der Waals surface area contributed by atoms with Gasteiger partial charge < -0.3 is 10.1 Å². The van der Waals surface area contributed by atoms with Crippen LogP contribution in [0.1, 0.15) is 6.92 Å². The lowest BCUT2D eigenvalue weighted by atomic mass is 10.2. The summed E-state index contributed by atoms with van der Waals surface area (Å²) >= 11 is 6.08. The molecule has 6 heteroatoms. The largest absolute Gasteiger partial charge is 0.494 e. The lowest BCUT2D eigenvalue weighted by molar-refractivity contribution is 0.340. The van der Waals surface area contributed by atoms with Crippen LogP contribution in [0, 0.1) is 5.82 Å². The summed E-state index contributed by atoms with van der Waals surface area (Å²) < 4.78 is 18.5. The van der Waals surface area contributed by atoms with Gasteiger partial charge in [0, 0.05) is 17.3 Å². The monoisotopic (exact) mass is 343 g/mol. The van der Waals surface area contributed by atoms with Crippen LogP contribution in [0.3, 0.4) is 0 Å². The van der Waals surface area contributed by atoms with E-state index < -0.39 is 0 Å². The lowest BCUT2D eigenvalue weighted by Crippen LogP contribution is -1.98. The van der Waals surface area contributed by atoms with Gasteiger partial charge in [0.25, 0.3) is 0 Å². The van der Waals surface area contributed by atoms with Gasteiger partial charge in [-0.25, -0.2) is 14.4 Å². The zero-order valence-electron chi connectivity index (χ0n) is 13.0. The molecule has 1 heterocycles. The van der Waals surface area contributed by atoms with Crippen molar-refractivity contribution in [2.45, 2.75) is 6.92 Å². The number of halogens is 2. The smallest absolute Gasteiger partial charge is 0.163 e. The number of benzene rings is 2. The van der Waals surface area contributed by atoms with Crippen molar-refractivity contribution in [3.8, 4) is 17.1 Å². The molecule has 0 saturated heterocycles. The Balaban J connectivity index is 1.84. The van der Waals surface area contributed by atoms with E-state index in [1.165, 1.54) is 12.1 Å². The van der Waals surface area contributed by atoms with Crippen LogP contribution in [0.25, 0.3) is 11.4 Å². The molecule has 0 spiro atoms. The molecule has 0 amide bonds. The van der Waals surface area contributed by atoms with Gasteiger partial charge in [-0.05, 0) is 55.5 Å². The highest BCUT2D eigenvalue weighted by Crippen LogP contribution is 2.24. The molecule has 0 aliphatic rings. The first kappa shape index (κ1) is 16.2. The number of hydrogen-bond acceptors (Lipinski definition) is 4. The molecule has 0 saturated carbocycles. The highest BCUT2D eigenvalue weighted by molar-refractivity contribution is 6.29. The van der Waals surface area contributed by atoms with Crippen molar-refractivity contribution in [3.05, 3.63) is 65.6 Å². The van der Waals surface area contributed by atoms with Gasteiger partial charge in [0.05, 0.1) is 6.61 Å². The number of nitrogens with zero attached hydrogens (tertiary/aromatic N) is 2. The molecule has 0 unspecified atom stereocenters. The summed E-state index contributed by atoms with van der Waals surface area (Å²) in [6, 6.07) is 15.1. The van der Waals surface area contributed by atoms with E-state index in [0.717, 1.165) is 11.4 Å². The lowest BCUT2D eigenvalue weighted by Gasteiger charge is -2.09. The van der Waals surface area contributed by atoms with E-state index in [-0.39, 0.29) is 5.82 Å². The molecule has 0 radical (unpaired) electrons. The summed E-state index contributed by atoms with van der Waals surface area (Å²) in [7, 11) is 0. The first-order chi connectivity index (χ1) is 11.6. The van der Waals surface area contributed by atoms with E-state index in [9.17, 15) is 4.39 Å². The Bertz CT molecular complexity index is 823. The Labute approximate surface area is 144 Å². The van der Waals surface area contributed by atoms with Gasteiger partial charge >= 0.3 is 0 Å². The minimum atomic E-state index is -0.312. The summed E-state index contributed by atoms with van der Waals surface area (Å²) in [6.07, 6.45) is 0. The van der Waals surface area contributed by atoms with Crippen LogP contribution in [0.4, 0.5) is 15.9 Å². The molecule has 24 heavy (non-hydrogen) atoms. The van der Waals surface area contributed by atoms with Crippen molar-refractivity contribution >= 4 is 23.1 Å². The second-order valence-corrected chi connectivity index (χ2v) is 5.38. The van der Waals surface area contributed by atoms with Crippen molar-refractivity contribution in [1.29, 1.82) is 0 Å². The van der Waals surface area contributed by atoms with Crippen molar-refractivity contribution in [2.75, 3.05) is 11.9 Å². The Morgan fingerprint density at radius 2 is 1.75 bits per heavy atom. The molecule has 3 rings (SSSR count). The molecule has 0 aliphatic carbocycles. The second kappa shape index (κ2) is 7.27. The second-order valence-electron chi connectivity index (χ2n) is 4.99. The maximum absolute atomic E-state index is 13.0. The normalized spacial score (nSPS) is 10.5. The number of hydrogen-bond donors (Lipinski definition) is 1. The van der Waals surface area contributed by atoms with Gasteiger partial charge in [0.15, 0.2) is 5.82 Å². The first-order valence-electron chi connectivity index (χ1n) is 7.44. The fourth-order valence-corrected chi connectivity index (χ4v) is 2.34. The molecule has 1 aromatic heterocycles. The van der Waals surface area contributed by atoms with Crippen LogP contribution in [-0.2, 0) is 0 Å². The van der Waals surface area contributed by atoms with Gasteiger partial charge in [0.1, 0.15) is 22.5 Å². The van der Waals surface area contributed by atoms with Gasteiger partial charge in [-0.2, -0.15) is 0 Å². The number of ether oxygens (including phenoxy) is 1. The third-order valence-corrected chi connectivity index (χ3v) is 3.43. The van der Waals surface area contributed by atoms with E-state index in [4.69, 9.17) is 16.3 Å². The zero-order chi connectivity index (χ0) is 16.9. The Morgan fingerprint density at radius 3 is 2.42 bits per heavy atom. The molecule has 4 nitrogen and oxygen atoms in total. The highest BCUT2D eigenvalue weighted by Gasteiger charge is 2.07. The Morgan fingerprint density at radius 1 is 1.04 bits per heavy atom. The SMILES string of the molecule is CCOc1ccc(Nc2cc(Cl)nc(-c3ccc(F)cc3)n2)cc1. The maximum Gasteiger partial charge on any atom is 0.163 e. The fraction of sp³-hybridized carbons (Fsp3) is 0.111. The summed E-state index contributed by atoms with van der Waals surface area (Å²) in [5, 5.41) is 3.47. The predicted octanol–water partition coefficient (Wildman–Crippen LogP) is 5.08. The molecule has 3 aromatic rings. The number of aromatic nitrogens is 2. The van der Waals surface area contributed by atoms with Crippen LogP contribution in [0.15, 0.2) is 54.6 Å². The molecule has 0 bridgehead atoms. The van der Waals surface area contributed by atoms with Gasteiger partial charge in [-0.15, -0.1) is 0 Å². The van der Waals surface area contributed by atoms with Crippen molar-refractivity contribution in [3.63, 3.8) is 0 Å². The molecule has 1 N–H and O–H groups in total.